The van der Waals surface area contributed by atoms with Crippen LogP contribution in [0.3, 0.4) is 0 Å². The maximum Gasteiger partial charge on any atom is 0.229 e. The quantitative estimate of drug-likeness (QED) is 0.541. The van der Waals surface area contributed by atoms with Crippen molar-refractivity contribution in [1.82, 2.24) is 20.2 Å². The van der Waals surface area contributed by atoms with Crippen molar-refractivity contribution >= 4 is 22.6 Å². The number of H-pyrrole nitrogens is 1. The van der Waals surface area contributed by atoms with Gasteiger partial charge in [0.2, 0.25) is 5.91 Å². The van der Waals surface area contributed by atoms with E-state index in [1.165, 1.54) is 0 Å². The van der Waals surface area contributed by atoms with Gasteiger partial charge in [-0.1, -0.05) is 18.2 Å². The molecule has 5 rings (SSSR count). The lowest BCUT2D eigenvalue weighted by atomic mass is 9.71. The zero-order valence-electron chi connectivity index (χ0n) is 15.9. The van der Waals surface area contributed by atoms with Gasteiger partial charge in [0.1, 0.15) is 5.82 Å². The summed E-state index contributed by atoms with van der Waals surface area (Å²) in [5, 5.41) is 11.3. The van der Waals surface area contributed by atoms with Gasteiger partial charge in [-0.25, -0.2) is 0 Å². The first-order valence-corrected chi connectivity index (χ1v) is 9.84. The summed E-state index contributed by atoms with van der Waals surface area (Å²) in [4.78, 5) is 21.2. The van der Waals surface area contributed by atoms with Crippen LogP contribution in [0.2, 0.25) is 0 Å². The number of aromatic nitrogens is 4. The van der Waals surface area contributed by atoms with Crippen LogP contribution in [0.1, 0.15) is 41.6 Å². The molecule has 6 nitrogen and oxygen atoms in total. The van der Waals surface area contributed by atoms with E-state index in [-0.39, 0.29) is 5.91 Å². The number of anilines is 1. The minimum absolute atomic E-state index is 0.0663. The van der Waals surface area contributed by atoms with E-state index in [1.54, 1.807) is 6.20 Å². The van der Waals surface area contributed by atoms with Crippen LogP contribution in [0, 0.1) is 0 Å². The monoisotopic (exact) mass is 383 g/mol. The Kier molecular flexibility index (Phi) is 4.52. The zero-order valence-corrected chi connectivity index (χ0v) is 15.9. The Morgan fingerprint density at radius 2 is 1.83 bits per heavy atom. The fourth-order valence-corrected chi connectivity index (χ4v) is 3.94. The first kappa shape index (κ1) is 17.6. The van der Waals surface area contributed by atoms with Gasteiger partial charge in [-0.05, 0) is 48.7 Å². The largest absolute Gasteiger partial charge is 0.311 e. The second-order valence-corrected chi connectivity index (χ2v) is 7.58. The number of pyridine rings is 2. The van der Waals surface area contributed by atoms with E-state index < -0.39 is 0 Å². The number of benzene rings is 1. The van der Waals surface area contributed by atoms with Crippen molar-refractivity contribution in [3.63, 3.8) is 0 Å². The molecule has 0 unspecified atom stereocenters. The van der Waals surface area contributed by atoms with Crippen molar-refractivity contribution in [3.8, 4) is 0 Å². The molecule has 1 aliphatic rings. The van der Waals surface area contributed by atoms with Gasteiger partial charge in [-0.3, -0.25) is 19.9 Å². The third kappa shape index (κ3) is 3.74. The molecular formula is C23H21N5O. The minimum atomic E-state index is -0.0663. The lowest BCUT2D eigenvalue weighted by Gasteiger charge is -2.33. The van der Waals surface area contributed by atoms with Gasteiger partial charge < -0.3 is 5.32 Å². The molecule has 29 heavy (non-hydrogen) atoms. The lowest BCUT2D eigenvalue weighted by molar-refractivity contribution is -0.115. The average Bonchev–Trinajstić information content (AvgIpc) is 3.15. The van der Waals surface area contributed by atoms with E-state index in [4.69, 9.17) is 0 Å². The number of carbonyl (C=O) groups excluding carboxylic acids is 1. The number of fused-ring (bicyclic) bond motifs is 1. The molecule has 3 heterocycles. The summed E-state index contributed by atoms with van der Waals surface area (Å²) in [6, 6.07) is 17.8. The highest BCUT2D eigenvalue weighted by atomic mass is 16.1. The van der Waals surface area contributed by atoms with Crippen LogP contribution in [-0.4, -0.2) is 26.1 Å². The predicted octanol–water partition coefficient (Wildman–Crippen LogP) is 4.20. The van der Waals surface area contributed by atoms with Crippen LogP contribution in [-0.2, 0) is 11.2 Å². The van der Waals surface area contributed by atoms with E-state index in [0.29, 0.717) is 24.1 Å². The van der Waals surface area contributed by atoms with Crippen molar-refractivity contribution in [1.29, 1.82) is 0 Å². The molecule has 1 amide bonds. The number of nitrogens with one attached hydrogen (secondary N) is 2. The van der Waals surface area contributed by atoms with E-state index >= 15 is 0 Å². The molecule has 144 valence electrons. The summed E-state index contributed by atoms with van der Waals surface area (Å²) in [6.07, 6.45) is 6.01. The van der Waals surface area contributed by atoms with Gasteiger partial charge in [0, 0.05) is 41.4 Å². The van der Waals surface area contributed by atoms with E-state index in [0.717, 1.165) is 40.7 Å². The van der Waals surface area contributed by atoms with Crippen LogP contribution < -0.4 is 5.32 Å². The number of nitrogens with zero attached hydrogens (tertiary/aromatic N) is 3. The summed E-state index contributed by atoms with van der Waals surface area (Å²) in [7, 11) is 0. The Labute approximate surface area is 168 Å². The zero-order chi connectivity index (χ0) is 19.6. The first-order valence-electron chi connectivity index (χ1n) is 9.84. The van der Waals surface area contributed by atoms with Crippen molar-refractivity contribution < 1.29 is 4.79 Å². The van der Waals surface area contributed by atoms with Crippen molar-refractivity contribution in [2.24, 2.45) is 0 Å². The number of hydrogen-bond acceptors (Lipinski definition) is 4. The van der Waals surface area contributed by atoms with E-state index in [9.17, 15) is 4.79 Å². The predicted molar refractivity (Wildman–Crippen MR) is 112 cm³/mol. The molecule has 3 aromatic heterocycles. The lowest BCUT2D eigenvalue weighted by Crippen LogP contribution is -2.21. The molecule has 1 fully saturated rings. The van der Waals surface area contributed by atoms with Gasteiger partial charge in [-0.2, -0.15) is 5.10 Å². The molecule has 0 spiro atoms. The number of rotatable bonds is 5. The summed E-state index contributed by atoms with van der Waals surface area (Å²) >= 11 is 0. The molecule has 1 aromatic carbocycles. The molecule has 0 bridgehead atoms. The molecule has 4 aromatic rings. The van der Waals surface area contributed by atoms with Gasteiger partial charge in [0.15, 0.2) is 0 Å². The summed E-state index contributed by atoms with van der Waals surface area (Å²) < 4.78 is 0. The maximum absolute atomic E-state index is 12.4. The van der Waals surface area contributed by atoms with Crippen LogP contribution >= 0.6 is 0 Å². The van der Waals surface area contributed by atoms with E-state index in [1.807, 2.05) is 54.7 Å². The Morgan fingerprint density at radius 3 is 2.69 bits per heavy atom. The number of hydrogen-bond donors (Lipinski definition) is 2. The number of carbonyl (C=O) groups is 1. The third-order valence-electron chi connectivity index (χ3n) is 5.57. The summed E-state index contributed by atoms with van der Waals surface area (Å²) in [5.41, 5.74) is 4.04. The van der Waals surface area contributed by atoms with Crippen LogP contribution in [0.5, 0.6) is 0 Å². The Balaban J connectivity index is 1.18. The fourth-order valence-electron chi connectivity index (χ4n) is 3.94. The molecule has 1 saturated carbocycles. The van der Waals surface area contributed by atoms with Gasteiger partial charge in [0.05, 0.1) is 17.6 Å². The van der Waals surface area contributed by atoms with Crippen molar-refractivity contribution in [2.45, 2.75) is 31.1 Å². The average molecular weight is 383 g/mol. The molecule has 2 N–H and O–H groups in total. The molecule has 0 atom stereocenters. The molecule has 1 aliphatic carbocycles. The Bertz CT molecular complexity index is 1150. The number of aromatic amines is 1. The topological polar surface area (TPSA) is 83.6 Å². The molecule has 0 saturated heterocycles. The van der Waals surface area contributed by atoms with Gasteiger partial charge in [0.25, 0.3) is 0 Å². The fraction of sp³-hybridized carbons (Fsp3) is 0.217. The molecule has 6 heteroatoms. The van der Waals surface area contributed by atoms with Crippen molar-refractivity contribution in [3.05, 3.63) is 83.9 Å². The second kappa shape index (κ2) is 7.47. The molecule has 0 radical (unpaired) electrons. The highest BCUT2D eigenvalue weighted by Gasteiger charge is 2.33. The second-order valence-electron chi connectivity index (χ2n) is 7.58. The minimum Gasteiger partial charge on any atom is -0.311 e. The summed E-state index contributed by atoms with van der Waals surface area (Å²) in [5.74, 6) is 1.49. The molecular weight excluding hydrogens is 362 g/mol. The smallest absolute Gasteiger partial charge is 0.229 e. The SMILES string of the molecule is O=C(Cc1ccc2ncccc2c1)Nc1cc(C2CC(c3ccccn3)C2)n[nH]1. The molecule has 0 aliphatic heterocycles. The Morgan fingerprint density at radius 1 is 0.966 bits per heavy atom. The van der Waals surface area contributed by atoms with Gasteiger partial charge in [-0.15, -0.1) is 0 Å². The number of amides is 1. The maximum atomic E-state index is 12.4. The van der Waals surface area contributed by atoms with Crippen LogP contribution in [0.15, 0.2) is 67.0 Å². The first-order chi connectivity index (χ1) is 14.2. The Hall–Kier alpha value is -3.54. The third-order valence-corrected chi connectivity index (χ3v) is 5.57. The van der Waals surface area contributed by atoms with Crippen LogP contribution in [0.25, 0.3) is 10.9 Å². The highest BCUT2D eigenvalue weighted by molar-refractivity contribution is 5.92. The van der Waals surface area contributed by atoms with Crippen molar-refractivity contribution in [2.75, 3.05) is 5.32 Å². The van der Waals surface area contributed by atoms with Crippen LogP contribution in [0.4, 0.5) is 5.82 Å². The summed E-state index contributed by atoms with van der Waals surface area (Å²) in [6.45, 7) is 0. The van der Waals surface area contributed by atoms with Gasteiger partial charge >= 0.3 is 0 Å². The highest BCUT2D eigenvalue weighted by Crippen LogP contribution is 2.46. The standard InChI is InChI=1S/C23H21N5O/c29-23(11-15-6-7-20-16(10-15)4-3-9-25-20)26-22-14-21(27-28-22)18-12-17(13-18)19-5-1-2-8-24-19/h1-10,14,17-18H,11-13H2,(H2,26,27,28,29). The van der Waals surface area contributed by atoms with E-state index in [2.05, 4.69) is 31.5 Å². The normalized spacial score (nSPS) is 18.3.